The molecule has 0 aliphatic carbocycles. The number of para-hydroxylation sites is 3. The molecule has 8 nitrogen and oxygen atoms in total. The van der Waals surface area contributed by atoms with Crippen molar-refractivity contribution in [1.82, 2.24) is 9.97 Å². The number of amides is 3. The Balaban J connectivity index is 1.61. The van der Waals surface area contributed by atoms with E-state index < -0.39 is 0 Å². The van der Waals surface area contributed by atoms with Crippen molar-refractivity contribution in [2.45, 2.75) is 6.54 Å². The van der Waals surface area contributed by atoms with Crippen LogP contribution in [0, 0.1) is 0 Å². The maximum absolute atomic E-state index is 12.9. The number of nitrogens with one attached hydrogen (secondary N) is 2. The second-order valence-electron chi connectivity index (χ2n) is 6.67. The van der Waals surface area contributed by atoms with Gasteiger partial charge in [0, 0.05) is 24.5 Å². The number of anilines is 5. The fourth-order valence-electron chi connectivity index (χ4n) is 3.18. The molecule has 8 heteroatoms. The molecule has 0 atom stereocenters. The highest BCUT2D eigenvalue weighted by atomic mass is 16.2. The van der Waals surface area contributed by atoms with E-state index in [9.17, 15) is 9.59 Å². The highest BCUT2D eigenvalue weighted by Gasteiger charge is 2.30. The van der Waals surface area contributed by atoms with Crippen molar-refractivity contribution in [1.29, 1.82) is 0 Å². The van der Waals surface area contributed by atoms with Gasteiger partial charge in [0.15, 0.2) is 0 Å². The van der Waals surface area contributed by atoms with Gasteiger partial charge in [0.2, 0.25) is 11.9 Å². The minimum Gasteiger partial charge on any atom is -0.322 e. The number of hydrogen-bond donors (Lipinski definition) is 2. The number of rotatable bonds is 5. The predicted molar refractivity (Wildman–Crippen MR) is 117 cm³/mol. The summed E-state index contributed by atoms with van der Waals surface area (Å²) in [6.45, 7) is 3.85. The summed E-state index contributed by atoms with van der Waals surface area (Å²) in [4.78, 5) is 36.7. The fourth-order valence-corrected chi connectivity index (χ4v) is 3.18. The lowest BCUT2D eigenvalue weighted by atomic mass is 10.2. The number of urea groups is 1. The normalized spacial score (nSPS) is 12.9. The monoisotopic (exact) mass is 400 g/mol. The SMILES string of the molecule is C=CC(=O)Nc1ccccc1Nc1ncc2c(n1)N(C)C(=O)N(c1ccccc1)C2. The maximum atomic E-state index is 12.9. The summed E-state index contributed by atoms with van der Waals surface area (Å²) in [5.41, 5.74) is 2.85. The first-order valence-corrected chi connectivity index (χ1v) is 9.32. The third kappa shape index (κ3) is 3.70. The molecule has 3 aromatic rings. The molecule has 2 N–H and O–H groups in total. The van der Waals surface area contributed by atoms with E-state index in [2.05, 4.69) is 27.2 Å². The Bertz CT molecular complexity index is 1120. The first kappa shape index (κ1) is 19.1. The molecule has 0 bridgehead atoms. The van der Waals surface area contributed by atoms with Crippen LogP contribution in [0.15, 0.2) is 73.4 Å². The van der Waals surface area contributed by atoms with Crippen LogP contribution in [-0.4, -0.2) is 29.0 Å². The summed E-state index contributed by atoms with van der Waals surface area (Å²) in [6, 6.07) is 16.5. The van der Waals surface area contributed by atoms with E-state index in [0.717, 1.165) is 11.3 Å². The van der Waals surface area contributed by atoms with Crippen LogP contribution < -0.4 is 20.4 Å². The lowest BCUT2D eigenvalue weighted by Gasteiger charge is -2.34. The van der Waals surface area contributed by atoms with Gasteiger partial charge in [0.05, 0.1) is 17.9 Å². The summed E-state index contributed by atoms with van der Waals surface area (Å²) in [7, 11) is 1.69. The van der Waals surface area contributed by atoms with Crippen LogP contribution in [0.3, 0.4) is 0 Å². The van der Waals surface area contributed by atoms with Crippen LogP contribution in [0.25, 0.3) is 0 Å². The lowest BCUT2D eigenvalue weighted by Crippen LogP contribution is -2.45. The van der Waals surface area contributed by atoms with Gasteiger partial charge in [-0.15, -0.1) is 0 Å². The molecule has 150 valence electrons. The van der Waals surface area contributed by atoms with Crippen LogP contribution in [0.5, 0.6) is 0 Å². The van der Waals surface area contributed by atoms with Crippen LogP contribution in [0.1, 0.15) is 5.56 Å². The third-order valence-corrected chi connectivity index (χ3v) is 4.69. The van der Waals surface area contributed by atoms with Crippen molar-refractivity contribution in [3.63, 3.8) is 0 Å². The van der Waals surface area contributed by atoms with Gasteiger partial charge in [0.1, 0.15) is 5.82 Å². The van der Waals surface area contributed by atoms with Gasteiger partial charge in [-0.25, -0.2) is 9.78 Å². The van der Waals surface area contributed by atoms with Crippen molar-refractivity contribution in [2.24, 2.45) is 0 Å². The van der Waals surface area contributed by atoms with Gasteiger partial charge < -0.3 is 10.6 Å². The fraction of sp³-hybridized carbons (Fsp3) is 0.0909. The molecule has 0 saturated heterocycles. The molecule has 0 radical (unpaired) electrons. The van der Waals surface area contributed by atoms with Crippen molar-refractivity contribution < 1.29 is 9.59 Å². The molecule has 0 spiro atoms. The quantitative estimate of drug-likeness (QED) is 0.634. The summed E-state index contributed by atoms with van der Waals surface area (Å²) < 4.78 is 0. The Kier molecular flexibility index (Phi) is 5.13. The maximum Gasteiger partial charge on any atom is 0.330 e. The van der Waals surface area contributed by atoms with E-state index in [1.54, 1.807) is 30.3 Å². The van der Waals surface area contributed by atoms with E-state index in [1.807, 2.05) is 42.5 Å². The number of carbonyl (C=O) groups excluding carboxylic acids is 2. The van der Waals surface area contributed by atoms with Crippen LogP contribution in [-0.2, 0) is 11.3 Å². The minimum atomic E-state index is -0.318. The van der Waals surface area contributed by atoms with Crippen molar-refractivity contribution in [3.8, 4) is 0 Å². The molecule has 2 aromatic carbocycles. The number of fused-ring (bicyclic) bond motifs is 1. The van der Waals surface area contributed by atoms with Crippen LogP contribution >= 0.6 is 0 Å². The standard InChI is InChI=1S/C22H20N6O2/c1-3-19(29)24-17-11-7-8-12-18(17)25-21-23-13-15-14-28(16-9-5-4-6-10-16)22(30)27(2)20(15)26-21/h3-13H,1,14H2,2H3,(H,24,29)(H,23,25,26). The molecule has 1 aliphatic heterocycles. The number of hydrogen-bond acceptors (Lipinski definition) is 5. The molecular formula is C22H20N6O2. The lowest BCUT2D eigenvalue weighted by molar-refractivity contribution is -0.111. The number of nitrogens with zero attached hydrogens (tertiary/aromatic N) is 4. The molecule has 3 amide bonds. The Morgan fingerprint density at radius 3 is 2.53 bits per heavy atom. The van der Waals surface area contributed by atoms with E-state index >= 15 is 0 Å². The van der Waals surface area contributed by atoms with Gasteiger partial charge in [-0.05, 0) is 30.3 Å². The highest BCUT2D eigenvalue weighted by Crippen LogP contribution is 2.31. The van der Waals surface area contributed by atoms with Gasteiger partial charge in [-0.3, -0.25) is 14.6 Å². The summed E-state index contributed by atoms with van der Waals surface area (Å²) in [6.07, 6.45) is 2.90. The first-order valence-electron chi connectivity index (χ1n) is 9.32. The zero-order valence-electron chi connectivity index (χ0n) is 16.4. The minimum absolute atomic E-state index is 0.169. The Labute approximate surface area is 173 Å². The number of carbonyl (C=O) groups is 2. The first-order chi connectivity index (χ1) is 14.6. The van der Waals surface area contributed by atoms with Crippen LogP contribution in [0.2, 0.25) is 0 Å². The van der Waals surface area contributed by atoms with Gasteiger partial charge in [0.25, 0.3) is 0 Å². The second-order valence-corrected chi connectivity index (χ2v) is 6.67. The molecule has 30 heavy (non-hydrogen) atoms. The summed E-state index contributed by atoms with van der Waals surface area (Å²) >= 11 is 0. The average Bonchev–Trinajstić information content (AvgIpc) is 2.78. The molecule has 2 heterocycles. The topological polar surface area (TPSA) is 90.5 Å². The van der Waals surface area contributed by atoms with E-state index in [0.29, 0.717) is 29.7 Å². The Hall–Kier alpha value is -4.20. The van der Waals surface area contributed by atoms with E-state index in [-0.39, 0.29) is 11.9 Å². The summed E-state index contributed by atoms with van der Waals surface area (Å²) in [5, 5.41) is 5.84. The second kappa shape index (κ2) is 8.04. The highest BCUT2D eigenvalue weighted by molar-refractivity contribution is 6.05. The molecule has 0 fully saturated rings. The van der Waals surface area contributed by atoms with Gasteiger partial charge >= 0.3 is 6.03 Å². The molecular weight excluding hydrogens is 380 g/mol. The smallest absolute Gasteiger partial charge is 0.322 e. The summed E-state index contributed by atoms with van der Waals surface area (Å²) in [5.74, 6) is 0.543. The molecule has 0 saturated carbocycles. The zero-order valence-corrected chi connectivity index (χ0v) is 16.4. The Morgan fingerprint density at radius 2 is 1.80 bits per heavy atom. The molecule has 0 unspecified atom stereocenters. The molecule has 4 rings (SSSR count). The Morgan fingerprint density at radius 1 is 1.10 bits per heavy atom. The number of aromatic nitrogens is 2. The predicted octanol–water partition coefficient (Wildman–Crippen LogP) is 3.92. The largest absolute Gasteiger partial charge is 0.330 e. The van der Waals surface area contributed by atoms with Crippen molar-refractivity contribution >= 4 is 40.8 Å². The molecule has 1 aromatic heterocycles. The van der Waals surface area contributed by atoms with Crippen LogP contribution in [0.4, 0.5) is 33.6 Å². The van der Waals surface area contributed by atoms with Gasteiger partial charge in [-0.2, -0.15) is 4.98 Å². The zero-order chi connectivity index (χ0) is 21.1. The molecule has 1 aliphatic rings. The average molecular weight is 400 g/mol. The third-order valence-electron chi connectivity index (χ3n) is 4.69. The van der Waals surface area contributed by atoms with Crippen molar-refractivity contribution in [2.75, 3.05) is 27.5 Å². The van der Waals surface area contributed by atoms with E-state index in [4.69, 9.17) is 0 Å². The van der Waals surface area contributed by atoms with Gasteiger partial charge in [-0.1, -0.05) is 36.9 Å². The van der Waals surface area contributed by atoms with E-state index in [1.165, 1.54) is 11.0 Å². The van der Waals surface area contributed by atoms with Crippen molar-refractivity contribution in [3.05, 3.63) is 79.0 Å². The number of benzene rings is 2.